The van der Waals surface area contributed by atoms with Crippen LogP contribution in [0.25, 0.3) is 0 Å². The highest BCUT2D eigenvalue weighted by Crippen LogP contribution is 2.45. The molecule has 0 bridgehead atoms. The van der Waals surface area contributed by atoms with Gasteiger partial charge in [0.1, 0.15) is 17.1 Å². The lowest BCUT2D eigenvalue weighted by Gasteiger charge is -2.38. The summed E-state index contributed by atoms with van der Waals surface area (Å²) in [6.45, 7) is 15.0. The first-order valence-corrected chi connectivity index (χ1v) is 14.3. The van der Waals surface area contributed by atoms with Gasteiger partial charge in [0.25, 0.3) is 0 Å². The summed E-state index contributed by atoms with van der Waals surface area (Å²) >= 11 is 0. The van der Waals surface area contributed by atoms with E-state index in [1.807, 2.05) is 0 Å². The minimum absolute atomic E-state index is 0.219. The van der Waals surface area contributed by atoms with Crippen molar-refractivity contribution in [3.05, 3.63) is 22.3 Å². The minimum atomic E-state index is -4.07. The third-order valence-electron chi connectivity index (χ3n) is 8.33. The van der Waals surface area contributed by atoms with Crippen LogP contribution in [0.2, 0.25) is 0 Å². The van der Waals surface area contributed by atoms with Crippen molar-refractivity contribution >= 4 is 0 Å². The van der Waals surface area contributed by atoms with Gasteiger partial charge in [0.05, 0.1) is 5.92 Å². The molecule has 1 heterocycles. The Hall–Kier alpha value is -1.43. The zero-order chi connectivity index (χ0) is 27.8. The molecular weight excluding hydrogens is 477 g/mol. The molecule has 37 heavy (non-hydrogen) atoms. The first-order chi connectivity index (χ1) is 17.3. The van der Waals surface area contributed by atoms with Crippen molar-refractivity contribution in [3.8, 4) is 11.5 Å². The molecule has 0 N–H and O–H groups in total. The van der Waals surface area contributed by atoms with Crippen molar-refractivity contribution in [2.75, 3.05) is 13.9 Å². The molecule has 0 saturated carbocycles. The molecular formula is C31H51F3O3. The summed E-state index contributed by atoms with van der Waals surface area (Å²) in [4.78, 5) is 0. The van der Waals surface area contributed by atoms with Crippen molar-refractivity contribution in [1.82, 2.24) is 0 Å². The number of halogens is 3. The normalized spacial score (nSPS) is 19.5. The van der Waals surface area contributed by atoms with Crippen molar-refractivity contribution in [3.63, 3.8) is 0 Å². The molecule has 0 radical (unpaired) electrons. The van der Waals surface area contributed by atoms with Crippen LogP contribution in [0.4, 0.5) is 13.2 Å². The second-order valence-corrected chi connectivity index (χ2v) is 12.1. The number of alkyl halides is 3. The monoisotopic (exact) mass is 528 g/mol. The lowest BCUT2D eigenvalue weighted by molar-refractivity contribution is -0.179. The highest BCUT2D eigenvalue weighted by molar-refractivity contribution is 5.59. The average Bonchev–Trinajstić information content (AvgIpc) is 2.80. The number of fused-ring (bicyclic) bond motifs is 1. The van der Waals surface area contributed by atoms with E-state index in [0.717, 1.165) is 73.1 Å². The van der Waals surface area contributed by atoms with Crippen LogP contribution >= 0.6 is 0 Å². The molecule has 0 fully saturated rings. The number of hydrogen-bond donors (Lipinski definition) is 0. The lowest BCUT2D eigenvalue weighted by Crippen LogP contribution is -2.37. The van der Waals surface area contributed by atoms with Gasteiger partial charge < -0.3 is 14.2 Å². The zero-order valence-corrected chi connectivity index (χ0v) is 24.6. The molecule has 3 atom stereocenters. The SMILES string of the molecule is COCOc1c(C)c(C)c2c(c1C)CCC(C)(CCCC(C)CCCC(CCCC(C)C)C(F)(F)F)O2. The third kappa shape index (κ3) is 9.37. The van der Waals surface area contributed by atoms with Gasteiger partial charge in [0.15, 0.2) is 6.79 Å². The second kappa shape index (κ2) is 14.1. The maximum Gasteiger partial charge on any atom is 0.391 e. The molecule has 0 aliphatic carbocycles. The number of ether oxygens (including phenoxy) is 3. The van der Waals surface area contributed by atoms with Crippen molar-refractivity contribution in [2.45, 2.75) is 131 Å². The molecule has 1 aliphatic heterocycles. The van der Waals surface area contributed by atoms with Crippen molar-refractivity contribution in [2.24, 2.45) is 17.8 Å². The Bertz CT molecular complexity index is 849. The van der Waals surface area contributed by atoms with Gasteiger partial charge in [-0.1, -0.05) is 52.9 Å². The molecule has 0 amide bonds. The molecule has 6 heteroatoms. The highest BCUT2D eigenvalue weighted by Gasteiger charge is 2.38. The van der Waals surface area contributed by atoms with Crippen molar-refractivity contribution < 1.29 is 27.4 Å². The smallest absolute Gasteiger partial charge is 0.391 e. The molecule has 1 aromatic carbocycles. The Morgan fingerprint density at radius 1 is 0.892 bits per heavy atom. The molecule has 1 aromatic rings. The van der Waals surface area contributed by atoms with Crippen LogP contribution in [0.1, 0.15) is 114 Å². The van der Waals surface area contributed by atoms with Gasteiger partial charge in [-0.15, -0.1) is 0 Å². The minimum Gasteiger partial charge on any atom is -0.487 e. The van der Waals surface area contributed by atoms with E-state index >= 15 is 0 Å². The fourth-order valence-electron chi connectivity index (χ4n) is 5.72. The van der Waals surface area contributed by atoms with E-state index in [2.05, 4.69) is 48.5 Å². The number of methoxy groups -OCH3 is 1. The fraction of sp³-hybridized carbons (Fsp3) is 0.806. The predicted molar refractivity (Wildman–Crippen MR) is 146 cm³/mol. The summed E-state index contributed by atoms with van der Waals surface area (Å²) in [7, 11) is 1.62. The Morgan fingerprint density at radius 2 is 1.51 bits per heavy atom. The van der Waals surface area contributed by atoms with Crippen LogP contribution in [0.3, 0.4) is 0 Å². The molecule has 0 aromatic heterocycles. The van der Waals surface area contributed by atoms with Crippen LogP contribution in [-0.4, -0.2) is 25.7 Å². The summed E-state index contributed by atoms with van der Waals surface area (Å²) in [5.41, 5.74) is 4.36. The lowest BCUT2D eigenvalue weighted by atomic mass is 9.83. The maximum absolute atomic E-state index is 13.5. The topological polar surface area (TPSA) is 27.7 Å². The number of hydrogen-bond acceptors (Lipinski definition) is 3. The molecule has 2 rings (SSSR count). The molecule has 0 saturated heterocycles. The van der Waals surface area contributed by atoms with E-state index in [9.17, 15) is 13.2 Å². The van der Waals surface area contributed by atoms with E-state index in [0.29, 0.717) is 24.7 Å². The quantitative estimate of drug-likeness (QED) is 0.212. The number of benzene rings is 1. The summed E-state index contributed by atoms with van der Waals surface area (Å²) in [6.07, 6.45) is 4.41. The standard InChI is InChI=1S/C31H51F3O3/c1-21(2)12-9-15-26(31(32,33)34)16-10-13-22(3)14-11-18-30(7)19-17-27-25(6)28(36-20-35-8)23(4)24(5)29(27)37-30/h21-22,26H,9-20H2,1-8H3. The van der Waals surface area contributed by atoms with Gasteiger partial charge >= 0.3 is 6.18 Å². The fourth-order valence-corrected chi connectivity index (χ4v) is 5.72. The van der Waals surface area contributed by atoms with Gasteiger partial charge in [-0.05, 0) is 94.7 Å². The van der Waals surface area contributed by atoms with Gasteiger partial charge in [-0.25, -0.2) is 0 Å². The van der Waals surface area contributed by atoms with E-state index in [-0.39, 0.29) is 25.2 Å². The summed E-state index contributed by atoms with van der Waals surface area (Å²) in [5.74, 6) is 1.63. The van der Waals surface area contributed by atoms with Crippen LogP contribution in [0.5, 0.6) is 11.5 Å². The first-order valence-electron chi connectivity index (χ1n) is 14.3. The Kier molecular flexibility index (Phi) is 12.1. The zero-order valence-electron chi connectivity index (χ0n) is 24.6. The molecule has 1 aliphatic rings. The Labute approximate surface area is 223 Å². The summed E-state index contributed by atoms with van der Waals surface area (Å²) in [6, 6.07) is 0. The predicted octanol–water partition coefficient (Wildman–Crippen LogP) is 9.66. The van der Waals surface area contributed by atoms with Crippen LogP contribution in [0, 0.1) is 38.5 Å². The molecule has 0 spiro atoms. The maximum atomic E-state index is 13.5. The largest absolute Gasteiger partial charge is 0.487 e. The van der Waals surface area contributed by atoms with Crippen LogP contribution in [-0.2, 0) is 11.2 Å². The first kappa shape index (κ1) is 31.8. The van der Waals surface area contributed by atoms with Gasteiger partial charge in [-0.2, -0.15) is 13.2 Å². The highest BCUT2D eigenvalue weighted by atomic mass is 19.4. The van der Waals surface area contributed by atoms with Gasteiger partial charge in [-0.3, -0.25) is 0 Å². The van der Waals surface area contributed by atoms with E-state index in [1.54, 1.807) is 7.11 Å². The molecule has 3 nitrogen and oxygen atoms in total. The molecule has 3 unspecified atom stereocenters. The van der Waals surface area contributed by atoms with Gasteiger partial charge in [0, 0.05) is 12.7 Å². The van der Waals surface area contributed by atoms with E-state index in [4.69, 9.17) is 14.2 Å². The van der Waals surface area contributed by atoms with E-state index < -0.39 is 12.1 Å². The third-order valence-corrected chi connectivity index (χ3v) is 8.33. The summed E-state index contributed by atoms with van der Waals surface area (Å²) in [5, 5.41) is 0. The second-order valence-electron chi connectivity index (χ2n) is 12.1. The number of rotatable bonds is 15. The van der Waals surface area contributed by atoms with Crippen LogP contribution in [0.15, 0.2) is 0 Å². The van der Waals surface area contributed by atoms with Crippen LogP contribution < -0.4 is 9.47 Å². The van der Waals surface area contributed by atoms with Crippen molar-refractivity contribution in [1.29, 1.82) is 0 Å². The van der Waals surface area contributed by atoms with E-state index in [1.165, 1.54) is 5.56 Å². The van der Waals surface area contributed by atoms with Gasteiger partial charge in [0.2, 0.25) is 0 Å². The Balaban J connectivity index is 1.85. The Morgan fingerprint density at radius 3 is 2.11 bits per heavy atom. The summed E-state index contributed by atoms with van der Waals surface area (Å²) < 4.78 is 58.0. The average molecular weight is 529 g/mol. The molecule has 214 valence electrons.